The van der Waals surface area contributed by atoms with Crippen molar-refractivity contribution in [2.45, 2.75) is 13.3 Å². The van der Waals surface area contributed by atoms with Crippen molar-refractivity contribution in [3.63, 3.8) is 0 Å². The Kier molecular flexibility index (Phi) is 7.13. The Morgan fingerprint density at radius 1 is 1.20 bits per heavy atom. The van der Waals surface area contributed by atoms with E-state index in [1.54, 1.807) is 24.3 Å². The first kappa shape index (κ1) is 16.0. The summed E-state index contributed by atoms with van der Waals surface area (Å²) in [4.78, 5) is 22.5. The van der Waals surface area contributed by atoms with Crippen molar-refractivity contribution in [2.75, 3.05) is 32.1 Å². The Morgan fingerprint density at radius 2 is 1.90 bits per heavy atom. The maximum Gasteiger partial charge on any atom is 0.343 e. The number of nitrogens with one attached hydrogen (secondary N) is 2. The van der Waals surface area contributed by atoms with Gasteiger partial charge in [0.05, 0.1) is 7.11 Å². The van der Waals surface area contributed by atoms with Crippen molar-refractivity contribution in [3.05, 3.63) is 24.3 Å². The summed E-state index contributed by atoms with van der Waals surface area (Å²) in [5.41, 5.74) is 0.692. The van der Waals surface area contributed by atoms with Gasteiger partial charge in [-0.2, -0.15) is 0 Å². The first-order valence-electron chi connectivity index (χ1n) is 6.46. The normalized spacial score (nSPS) is 9.90. The molecule has 1 aromatic rings. The molecule has 110 valence electrons. The molecule has 0 fully saturated rings. The molecule has 1 rings (SSSR count). The van der Waals surface area contributed by atoms with Crippen LogP contribution in [0.15, 0.2) is 24.3 Å². The lowest BCUT2D eigenvalue weighted by Gasteiger charge is -2.08. The number of ether oxygens (including phenoxy) is 2. The zero-order valence-electron chi connectivity index (χ0n) is 11.8. The van der Waals surface area contributed by atoms with Crippen LogP contribution in [0.4, 0.5) is 5.69 Å². The van der Waals surface area contributed by atoms with Gasteiger partial charge in [-0.1, -0.05) is 6.92 Å². The second-order valence-electron chi connectivity index (χ2n) is 4.04. The van der Waals surface area contributed by atoms with Gasteiger partial charge in [-0.3, -0.25) is 4.79 Å². The molecule has 0 aliphatic rings. The van der Waals surface area contributed by atoms with Crippen molar-refractivity contribution >= 4 is 17.6 Å². The van der Waals surface area contributed by atoms with Gasteiger partial charge in [-0.05, 0) is 30.8 Å². The van der Waals surface area contributed by atoms with Crippen molar-refractivity contribution < 1.29 is 19.1 Å². The summed E-state index contributed by atoms with van der Waals surface area (Å²) in [6.45, 7) is 3.36. The van der Waals surface area contributed by atoms with Crippen molar-refractivity contribution in [1.82, 2.24) is 5.32 Å². The molecule has 2 N–H and O–H groups in total. The van der Waals surface area contributed by atoms with Crippen LogP contribution in [0.25, 0.3) is 0 Å². The number of benzene rings is 1. The van der Waals surface area contributed by atoms with Gasteiger partial charge in [-0.25, -0.2) is 4.79 Å². The van der Waals surface area contributed by atoms with Gasteiger partial charge in [-0.15, -0.1) is 0 Å². The van der Waals surface area contributed by atoms with Gasteiger partial charge < -0.3 is 20.1 Å². The molecule has 1 amide bonds. The fourth-order valence-corrected chi connectivity index (χ4v) is 1.44. The highest BCUT2D eigenvalue weighted by Crippen LogP contribution is 2.15. The third-order valence-corrected chi connectivity index (χ3v) is 2.50. The van der Waals surface area contributed by atoms with Crippen molar-refractivity contribution in [2.24, 2.45) is 0 Å². The molecule has 6 nitrogen and oxygen atoms in total. The Hall–Kier alpha value is -2.08. The third kappa shape index (κ3) is 6.19. The Bertz CT molecular complexity index is 431. The van der Waals surface area contributed by atoms with E-state index in [4.69, 9.17) is 4.74 Å². The van der Waals surface area contributed by atoms with Gasteiger partial charge >= 0.3 is 5.97 Å². The fraction of sp³-hybridized carbons (Fsp3) is 0.429. The average Bonchev–Trinajstić information content (AvgIpc) is 2.46. The molecule has 1 aromatic carbocycles. The predicted molar refractivity (Wildman–Crippen MR) is 75.7 cm³/mol. The van der Waals surface area contributed by atoms with Crippen LogP contribution in [0.1, 0.15) is 13.3 Å². The van der Waals surface area contributed by atoms with Gasteiger partial charge in [0.1, 0.15) is 5.75 Å². The number of hydrogen-bond donors (Lipinski definition) is 2. The van der Waals surface area contributed by atoms with E-state index in [2.05, 4.69) is 15.4 Å². The molecule has 0 atom stereocenters. The van der Waals surface area contributed by atoms with Gasteiger partial charge in [0.15, 0.2) is 6.61 Å². The zero-order valence-corrected chi connectivity index (χ0v) is 11.8. The number of esters is 1. The summed E-state index contributed by atoms with van der Waals surface area (Å²) in [5, 5.41) is 5.86. The SMILES string of the molecule is CCNCCC(=O)Nc1ccc(OCC(=O)OC)cc1. The molecule has 0 saturated carbocycles. The maximum absolute atomic E-state index is 11.6. The van der Waals surface area contributed by atoms with Gasteiger partial charge in [0, 0.05) is 18.7 Å². The van der Waals surface area contributed by atoms with Crippen molar-refractivity contribution in [1.29, 1.82) is 0 Å². The second kappa shape index (κ2) is 8.92. The Labute approximate surface area is 118 Å². The predicted octanol–water partition coefficient (Wildman–Crippen LogP) is 1.18. The number of rotatable bonds is 8. The number of carbonyl (C=O) groups is 2. The van der Waals surface area contributed by atoms with E-state index in [9.17, 15) is 9.59 Å². The summed E-state index contributed by atoms with van der Waals surface area (Å²) < 4.78 is 9.67. The molecule has 0 heterocycles. The van der Waals surface area contributed by atoms with Crippen LogP contribution < -0.4 is 15.4 Å². The van der Waals surface area contributed by atoms with E-state index in [0.717, 1.165) is 6.54 Å². The summed E-state index contributed by atoms with van der Waals surface area (Å²) >= 11 is 0. The lowest BCUT2D eigenvalue weighted by atomic mass is 10.3. The van der Waals surface area contributed by atoms with Crippen LogP contribution >= 0.6 is 0 Å². The van der Waals surface area contributed by atoms with Crippen LogP contribution in [0.3, 0.4) is 0 Å². The van der Waals surface area contributed by atoms with Crippen LogP contribution in [-0.2, 0) is 14.3 Å². The molecule has 0 spiro atoms. The minimum atomic E-state index is -0.439. The molecule has 6 heteroatoms. The molecule has 0 radical (unpaired) electrons. The van der Waals surface area contributed by atoms with E-state index in [0.29, 0.717) is 24.4 Å². The minimum Gasteiger partial charge on any atom is -0.482 e. The van der Waals surface area contributed by atoms with Crippen LogP contribution in [0.2, 0.25) is 0 Å². The summed E-state index contributed by atoms with van der Waals surface area (Å²) in [6.07, 6.45) is 0.425. The van der Waals surface area contributed by atoms with Crippen LogP contribution in [0.5, 0.6) is 5.75 Å². The Morgan fingerprint density at radius 3 is 2.50 bits per heavy atom. The van der Waals surface area contributed by atoms with Crippen molar-refractivity contribution in [3.8, 4) is 5.75 Å². The molecular weight excluding hydrogens is 260 g/mol. The number of anilines is 1. The number of amides is 1. The molecule has 0 aromatic heterocycles. The van der Waals surface area contributed by atoms with E-state index >= 15 is 0 Å². The molecule has 0 bridgehead atoms. The highest BCUT2D eigenvalue weighted by atomic mass is 16.6. The molecule has 0 saturated heterocycles. The summed E-state index contributed by atoms with van der Waals surface area (Å²) in [5.74, 6) is 0.0565. The molecule has 20 heavy (non-hydrogen) atoms. The molecule has 0 aliphatic carbocycles. The first-order valence-corrected chi connectivity index (χ1v) is 6.46. The fourth-order valence-electron chi connectivity index (χ4n) is 1.44. The lowest BCUT2D eigenvalue weighted by Crippen LogP contribution is -2.21. The number of methoxy groups -OCH3 is 1. The quantitative estimate of drug-likeness (QED) is 0.552. The standard InChI is InChI=1S/C14H20N2O4/c1-3-15-9-8-13(17)16-11-4-6-12(7-5-11)20-10-14(18)19-2/h4-7,15H,3,8-10H2,1-2H3,(H,16,17). The van der Waals surface area contributed by atoms with Crippen LogP contribution in [-0.4, -0.2) is 38.7 Å². The monoisotopic (exact) mass is 280 g/mol. The lowest BCUT2D eigenvalue weighted by molar-refractivity contribution is -0.142. The molecule has 0 unspecified atom stereocenters. The van der Waals surface area contributed by atoms with E-state index in [1.807, 2.05) is 6.92 Å². The highest BCUT2D eigenvalue weighted by molar-refractivity contribution is 5.90. The second-order valence-corrected chi connectivity index (χ2v) is 4.04. The molecule has 0 aliphatic heterocycles. The molecular formula is C14H20N2O4. The number of hydrogen-bond acceptors (Lipinski definition) is 5. The van der Waals surface area contributed by atoms with E-state index in [-0.39, 0.29) is 12.5 Å². The smallest absolute Gasteiger partial charge is 0.343 e. The van der Waals surface area contributed by atoms with E-state index in [1.165, 1.54) is 7.11 Å². The highest BCUT2D eigenvalue weighted by Gasteiger charge is 2.04. The zero-order chi connectivity index (χ0) is 14.8. The van der Waals surface area contributed by atoms with Gasteiger partial charge in [0.2, 0.25) is 5.91 Å². The summed E-state index contributed by atoms with van der Waals surface area (Å²) in [6, 6.07) is 6.81. The van der Waals surface area contributed by atoms with Crippen LogP contribution in [0, 0.1) is 0 Å². The Balaban J connectivity index is 2.38. The maximum atomic E-state index is 11.6. The first-order chi connectivity index (χ1) is 9.65. The topological polar surface area (TPSA) is 76.7 Å². The largest absolute Gasteiger partial charge is 0.482 e. The average molecular weight is 280 g/mol. The minimum absolute atomic E-state index is 0.0471. The van der Waals surface area contributed by atoms with Gasteiger partial charge in [0.25, 0.3) is 0 Å². The number of carbonyl (C=O) groups excluding carboxylic acids is 2. The third-order valence-electron chi connectivity index (χ3n) is 2.50. The van der Waals surface area contributed by atoms with E-state index < -0.39 is 5.97 Å². The summed E-state index contributed by atoms with van der Waals surface area (Å²) in [7, 11) is 1.30.